The Bertz CT molecular complexity index is 1870. The van der Waals surface area contributed by atoms with Crippen molar-refractivity contribution in [2.75, 3.05) is 11.9 Å². The smallest absolute Gasteiger partial charge is 0.422 e. The van der Waals surface area contributed by atoms with Gasteiger partial charge in [0.1, 0.15) is 24.1 Å². The lowest BCUT2D eigenvalue weighted by Crippen LogP contribution is -2.27. The Hall–Kier alpha value is -5.20. The van der Waals surface area contributed by atoms with Crippen molar-refractivity contribution < 1.29 is 41.0 Å². The number of anilines is 1. The molecular weight excluding hydrogens is 611 g/mol. The third-order valence-electron chi connectivity index (χ3n) is 6.60. The van der Waals surface area contributed by atoms with Crippen molar-refractivity contribution in [1.82, 2.24) is 14.5 Å². The average Bonchev–Trinajstić information content (AvgIpc) is 3.28. The van der Waals surface area contributed by atoms with Crippen LogP contribution in [0, 0.1) is 18.6 Å². The van der Waals surface area contributed by atoms with Crippen LogP contribution in [0.5, 0.6) is 11.6 Å². The van der Waals surface area contributed by atoms with Gasteiger partial charge in [-0.05, 0) is 51.0 Å². The summed E-state index contributed by atoms with van der Waals surface area (Å²) in [4.78, 5) is 20.4. The number of hydrogen-bond donors (Lipinski definition) is 1. The quantitative estimate of drug-likeness (QED) is 0.171. The predicted octanol–water partition coefficient (Wildman–Crippen LogP) is 8.54. The van der Waals surface area contributed by atoms with Crippen LogP contribution in [0.1, 0.15) is 31.9 Å². The highest BCUT2D eigenvalue weighted by Crippen LogP contribution is 2.40. The van der Waals surface area contributed by atoms with Gasteiger partial charge < -0.3 is 14.2 Å². The molecule has 240 valence electrons. The van der Waals surface area contributed by atoms with Crippen molar-refractivity contribution in [2.24, 2.45) is 0 Å². The molecule has 8 nitrogen and oxygen atoms in total. The number of nitrogens with one attached hydrogen (secondary N) is 1. The zero-order valence-corrected chi connectivity index (χ0v) is 25.2. The summed E-state index contributed by atoms with van der Waals surface area (Å²) in [6, 6.07) is 17.0. The zero-order chi connectivity index (χ0) is 33.2. The van der Waals surface area contributed by atoms with Crippen LogP contribution in [-0.4, -0.2) is 39.0 Å². The molecule has 5 aromatic rings. The van der Waals surface area contributed by atoms with Crippen LogP contribution >= 0.6 is 0 Å². The van der Waals surface area contributed by atoms with Crippen LogP contribution in [0.4, 0.5) is 32.4 Å². The van der Waals surface area contributed by atoms with Gasteiger partial charge in [-0.15, -0.1) is 0 Å². The number of nitrogens with zero attached hydrogens (tertiary/aromatic N) is 3. The number of carbonyl (C=O) groups is 1. The topological polar surface area (TPSA) is 87.5 Å². The molecule has 0 saturated heterocycles. The highest BCUT2D eigenvalue weighted by Gasteiger charge is 2.31. The molecule has 0 aliphatic heterocycles. The standard InChI is InChI=1S/C33H29F5N4O4/c1-19-27-29(30(40-18-39-27)45-17-33(36,37)38)42(28(19)21-10-12-22(13-11-21)41-31(43)46-32(2,3)4)25-14-24(35)26(15-23(25)34)44-16-20-8-6-5-7-9-20/h5-15,18H,16-17H2,1-4H3,(H,41,43). The number of alkyl halides is 3. The van der Waals surface area contributed by atoms with E-state index in [9.17, 15) is 18.0 Å². The number of amides is 1. The van der Waals surface area contributed by atoms with Gasteiger partial charge in [0.25, 0.3) is 0 Å². The molecule has 0 aliphatic rings. The Balaban J connectivity index is 1.62. The van der Waals surface area contributed by atoms with E-state index in [1.165, 1.54) is 4.57 Å². The van der Waals surface area contributed by atoms with E-state index in [0.29, 0.717) is 16.8 Å². The molecule has 46 heavy (non-hydrogen) atoms. The number of aromatic nitrogens is 3. The summed E-state index contributed by atoms with van der Waals surface area (Å²) in [5.74, 6) is -2.69. The van der Waals surface area contributed by atoms with Gasteiger partial charge in [0.2, 0.25) is 5.88 Å². The lowest BCUT2D eigenvalue weighted by atomic mass is 10.1. The number of ether oxygens (including phenoxy) is 3. The minimum Gasteiger partial charge on any atom is -0.486 e. The highest BCUT2D eigenvalue weighted by molar-refractivity contribution is 5.94. The molecule has 0 saturated carbocycles. The van der Waals surface area contributed by atoms with Gasteiger partial charge in [0.15, 0.2) is 24.0 Å². The summed E-state index contributed by atoms with van der Waals surface area (Å²) < 4.78 is 87.9. The van der Waals surface area contributed by atoms with Crippen molar-refractivity contribution in [3.8, 4) is 28.6 Å². The molecule has 0 fully saturated rings. The van der Waals surface area contributed by atoms with E-state index in [2.05, 4.69) is 15.3 Å². The second-order valence-corrected chi connectivity index (χ2v) is 11.3. The number of hydrogen-bond acceptors (Lipinski definition) is 6. The molecule has 1 amide bonds. The monoisotopic (exact) mass is 640 g/mol. The van der Waals surface area contributed by atoms with Crippen molar-refractivity contribution in [3.63, 3.8) is 0 Å². The normalized spacial score (nSPS) is 11.8. The Morgan fingerprint density at radius 2 is 1.61 bits per heavy atom. The summed E-state index contributed by atoms with van der Waals surface area (Å²) in [6.45, 7) is 5.09. The van der Waals surface area contributed by atoms with Gasteiger partial charge >= 0.3 is 12.3 Å². The minimum atomic E-state index is -4.70. The van der Waals surface area contributed by atoms with E-state index in [1.807, 2.05) is 0 Å². The molecule has 2 aromatic heterocycles. The molecular formula is C33H29F5N4O4. The average molecular weight is 641 g/mol. The lowest BCUT2D eigenvalue weighted by molar-refractivity contribution is -0.153. The molecule has 0 spiro atoms. The van der Waals surface area contributed by atoms with Crippen LogP contribution in [0.2, 0.25) is 0 Å². The predicted molar refractivity (Wildman–Crippen MR) is 161 cm³/mol. The Labute approximate surface area is 260 Å². The Morgan fingerprint density at radius 3 is 2.26 bits per heavy atom. The molecule has 3 aromatic carbocycles. The molecule has 5 rings (SSSR count). The molecule has 2 heterocycles. The summed E-state index contributed by atoms with van der Waals surface area (Å²) >= 11 is 0. The first-order chi connectivity index (χ1) is 21.7. The molecule has 1 N–H and O–H groups in total. The number of aryl methyl sites for hydroxylation is 1. The fraction of sp³-hybridized carbons (Fsp3) is 0.242. The SMILES string of the molecule is Cc1c(-c2ccc(NC(=O)OC(C)(C)C)cc2)n(-c2cc(F)c(OCc3ccccc3)cc2F)c2c(OCC(F)(F)F)ncnc12. The second kappa shape index (κ2) is 12.7. The second-order valence-electron chi connectivity index (χ2n) is 11.3. The minimum absolute atomic E-state index is 0.0275. The summed E-state index contributed by atoms with van der Waals surface area (Å²) in [7, 11) is 0. The van der Waals surface area contributed by atoms with E-state index in [1.54, 1.807) is 82.3 Å². The van der Waals surface area contributed by atoms with Crippen LogP contribution in [0.15, 0.2) is 73.1 Å². The van der Waals surface area contributed by atoms with Crippen molar-refractivity contribution in [3.05, 3.63) is 95.8 Å². The van der Waals surface area contributed by atoms with Crippen LogP contribution < -0.4 is 14.8 Å². The number of carbonyl (C=O) groups excluding carboxylic acids is 1. The van der Waals surface area contributed by atoms with Gasteiger partial charge in [-0.25, -0.2) is 18.6 Å². The van der Waals surface area contributed by atoms with Crippen molar-refractivity contribution >= 4 is 22.8 Å². The van der Waals surface area contributed by atoms with Crippen molar-refractivity contribution in [2.45, 2.75) is 46.1 Å². The highest BCUT2D eigenvalue weighted by atomic mass is 19.4. The van der Waals surface area contributed by atoms with Gasteiger partial charge in [-0.1, -0.05) is 42.5 Å². The Morgan fingerprint density at radius 1 is 0.913 bits per heavy atom. The molecule has 13 heteroatoms. The van der Waals surface area contributed by atoms with Crippen molar-refractivity contribution in [1.29, 1.82) is 0 Å². The van der Waals surface area contributed by atoms with Crippen LogP contribution in [0.3, 0.4) is 0 Å². The van der Waals surface area contributed by atoms with Gasteiger partial charge in [0.05, 0.1) is 16.9 Å². The summed E-state index contributed by atoms with van der Waals surface area (Å²) in [5, 5.41) is 2.61. The van der Waals surface area contributed by atoms with E-state index in [-0.39, 0.29) is 34.8 Å². The number of rotatable bonds is 8. The van der Waals surface area contributed by atoms with Gasteiger partial charge in [-0.2, -0.15) is 18.2 Å². The molecule has 0 bridgehead atoms. The molecule has 0 unspecified atom stereocenters. The first-order valence-electron chi connectivity index (χ1n) is 14.0. The van der Waals surface area contributed by atoms with E-state index >= 15 is 8.78 Å². The molecule has 0 atom stereocenters. The maximum Gasteiger partial charge on any atom is 0.422 e. The van der Waals surface area contributed by atoms with Crippen LogP contribution in [0.25, 0.3) is 28.0 Å². The van der Waals surface area contributed by atoms with E-state index in [4.69, 9.17) is 14.2 Å². The third-order valence-corrected chi connectivity index (χ3v) is 6.60. The third kappa shape index (κ3) is 7.36. The summed E-state index contributed by atoms with van der Waals surface area (Å²) in [5.41, 5.74) is 1.22. The maximum atomic E-state index is 15.9. The van der Waals surface area contributed by atoms with E-state index < -0.39 is 42.0 Å². The molecule has 0 aliphatic carbocycles. The van der Waals surface area contributed by atoms with Gasteiger partial charge in [0, 0.05) is 23.4 Å². The van der Waals surface area contributed by atoms with Gasteiger partial charge in [-0.3, -0.25) is 9.88 Å². The van der Waals surface area contributed by atoms with E-state index in [0.717, 1.165) is 24.0 Å². The fourth-order valence-corrected chi connectivity index (χ4v) is 4.74. The first kappa shape index (κ1) is 32.2. The Kier molecular flexibility index (Phi) is 8.86. The number of benzene rings is 3. The number of halogens is 5. The molecule has 0 radical (unpaired) electrons. The first-order valence-corrected chi connectivity index (χ1v) is 14.0. The largest absolute Gasteiger partial charge is 0.486 e. The fourth-order valence-electron chi connectivity index (χ4n) is 4.74. The van der Waals surface area contributed by atoms with Crippen LogP contribution in [-0.2, 0) is 11.3 Å². The zero-order valence-electron chi connectivity index (χ0n) is 25.2. The summed E-state index contributed by atoms with van der Waals surface area (Å²) in [6.07, 6.45) is -4.35. The number of fused-ring (bicyclic) bond motifs is 1. The lowest BCUT2D eigenvalue weighted by Gasteiger charge is -2.20. The maximum absolute atomic E-state index is 15.9.